The van der Waals surface area contributed by atoms with Gasteiger partial charge in [-0.1, -0.05) is 30.3 Å². The second-order valence-electron chi connectivity index (χ2n) is 5.49. The molecule has 0 bridgehead atoms. The van der Waals surface area contributed by atoms with Gasteiger partial charge in [-0.3, -0.25) is 4.79 Å². The van der Waals surface area contributed by atoms with Crippen molar-refractivity contribution in [2.24, 2.45) is 0 Å². The highest BCUT2D eigenvalue weighted by Gasteiger charge is 2.30. The third kappa shape index (κ3) is 3.18. The molecule has 1 heterocycles. The van der Waals surface area contributed by atoms with Crippen molar-refractivity contribution in [3.63, 3.8) is 0 Å². The number of amides is 1. The molecule has 0 N–H and O–H groups in total. The van der Waals surface area contributed by atoms with E-state index >= 15 is 0 Å². The summed E-state index contributed by atoms with van der Waals surface area (Å²) in [5.41, 5.74) is 0.0110. The molecule has 1 aliphatic rings. The van der Waals surface area contributed by atoms with Crippen molar-refractivity contribution in [1.82, 2.24) is 9.21 Å². The Labute approximate surface area is 140 Å². The van der Waals surface area contributed by atoms with Gasteiger partial charge in [0.2, 0.25) is 10.0 Å². The second-order valence-corrected chi connectivity index (χ2v) is 7.43. The van der Waals surface area contributed by atoms with Crippen molar-refractivity contribution in [3.05, 3.63) is 66.0 Å². The molecule has 0 radical (unpaired) electrons. The van der Waals surface area contributed by atoms with Crippen LogP contribution in [0.3, 0.4) is 0 Å². The first-order valence-electron chi connectivity index (χ1n) is 7.59. The summed E-state index contributed by atoms with van der Waals surface area (Å²) in [4.78, 5) is 14.1. The summed E-state index contributed by atoms with van der Waals surface area (Å²) in [7, 11) is -3.56. The number of carbonyl (C=O) groups excluding carboxylic acids is 1. The smallest absolute Gasteiger partial charge is 0.256 e. The molecule has 0 saturated carbocycles. The lowest BCUT2D eigenvalue weighted by Crippen LogP contribution is -2.50. The third-order valence-corrected chi connectivity index (χ3v) is 5.92. The lowest BCUT2D eigenvalue weighted by molar-refractivity contribution is 0.0693. The van der Waals surface area contributed by atoms with Gasteiger partial charge in [-0.25, -0.2) is 12.8 Å². The zero-order valence-corrected chi connectivity index (χ0v) is 13.7. The SMILES string of the molecule is O=C(c1ccccc1F)N1CCN(S(=O)(=O)c2ccccc2)CC1. The van der Waals surface area contributed by atoms with Crippen LogP contribution in [0.2, 0.25) is 0 Å². The third-order valence-electron chi connectivity index (χ3n) is 4.01. The molecule has 0 spiro atoms. The molecule has 2 aromatic carbocycles. The Morgan fingerprint density at radius 3 is 2.08 bits per heavy atom. The first-order chi connectivity index (χ1) is 11.5. The predicted octanol–water partition coefficient (Wildman–Crippen LogP) is 1.97. The van der Waals surface area contributed by atoms with Gasteiger partial charge in [0, 0.05) is 26.2 Å². The Kier molecular flexibility index (Phi) is 4.64. The highest BCUT2D eigenvalue weighted by molar-refractivity contribution is 7.89. The Bertz CT molecular complexity index is 832. The maximum absolute atomic E-state index is 13.7. The molecule has 5 nitrogen and oxygen atoms in total. The zero-order chi connectivity index (χ0) is 17.2. The van der Waals surface area contributed by atoms with E-state index in [0.717, 1.165) is 0 Å². The van der Waals surface area contributed by atoms with Crippen molar-refractivity contribution in [3.8, 4) is 0 Å². The molecule has 24 heavy (non-hydrogen) atoms. The van der Waals surface area contributed by atoms with Crippen LogP contribution < -0.4 is 0 Å². The van der Waals surface area contributed by atoms with Crippen LogP contribution in [0.25, 0.3) is 0 Å². The summed E-state index contributed by atoms with van der Waals surface area (Å²) in [5.74, 6) is -0.980. The molecule has 1 aliphatic heterocycles. The largest absolute Gasteiger partial charge is 0.336 e. The Morgan fingerprint density at radius 2 is 1.46 bits per heavy atom. The van der Waals surface area contributed by atoms with Gasteiger partial charge in [-0.2, -0.15) is 4.31 Å². The normalized spacial score (nSPS) is 16.1. The van der Waals surface area contributed by atoms with Crippen LogP contribution in [0.1, 0.15) is 10.4 Å². The van der Waals surface area contributed by atoms with Gasteiger partial charge < -0.3 is 4.90 Å². The summed E-state index contributed by atoms with van der Waals surface area (Å²) in [5, 5.41) is 0. The van der Waals surface area contributed by atoms with E-state index in [1.807, 2.05) is 0 Å². The number of carbonyl (C=O) groups is 1. The average molecular weight is 348 g/mol. The number of nitrogens with zero attached hydrogens (tertiary/aromatic N) is 2. The van der Waals surface area contributed by atoms with Gasteiger partial charge in [-0.15, -0.1) is 0 Å². The minimum absolute atomic E-state index is 0.0110. The van der Waals surface area contributed by atoms with Gasteiger partial charge >= 0.3 is 0 Å². The number of rotatable bonds is 3. The molecule has 0 aromatic heterocycles. The lowest BCUT2D eigenvalue weighted by atomic mass is 10.1. The van der Waals surface area contributed by atoms with Crippen molar-refractivity contribution < 1.29 is 17.6 Å². The van der Waals surface area contributed by atoms with Crippen LogP contribution in [0.5, 0.6) is 0 Å². The van der Waals surface area contributed by atoms with Crippen LogP contribution in [-0.4, -0.2) is 49.7 Å². The van der Waals surface area contributed by atoms with Gasteiger partial charge in [0.1, 0.15) is 5.82 Å². The van der Waals surface area contributed by atoms with Gasteiger partial charge in [-0.05, 0) is 24.3 Å². The van der Waals surface area contributed by atoms with E-state index in [-0.39, 0.29) is 36.6 Å². The Hall–Kier alpha value is -2.25. The zero-order valence-electron chi connectivity index (χ0n) is 12.9. The Balaban J connectivity index is 1.70. The molecule has 1 fully saturated rings. The van der Waals surface area contributed by atoms with E-state index < -0.39 is 21.7 Å². The molecular formula is C17H17FN2O3S. The maximum Gasteiger partial charge on any atom is 0.256 e. The van der Waals surface area contributed by atoms with E-state index in [1.54, 1.807) is 36.4 Å². The first kappa shape index (κ1) is 16.6. The standard InChI is InChI=1S/C17H17FN2O3S/c18-16-9-5-4-8-15(16)17(21)19-10-12-20(13-11-19)24(22,23)14-6-2-1-3-7-14/h1-9H,10-13H2. The molecule has 0 unspecified atom stereocenters. The first-order valence-corrected chi connectivity index (χ1v) is 9.03. The quantitative estimate of drug-likeness (QED) is 0.852. The minimum atomic E-state index is -3.56. The van der Waals surface area contributed by atoms with Crippen molar-refractivity contribution in [2.45, 2.75) is 4.90 Å². The van der Waals surface area contributed by atoms with Crippen molar-refractivity contribution in [1.29, 1.82) is 0 Å². The average Bonchev–Trinajstić information content (AvgIpc) is 2.62. The van der Waals surface area contributed by atoms with Crippen LogP contribution in [0.4, 0.5) is 4.39 Å². The number of piperazine rings is 1. The van der Waals surface area contributed by atoms with E-state index in [0.29, 0.717) is 0 Å². The topological polar surface area (TPSA) is 57.7 Å². The number of halogens is 1. The molecule has 2 aromatic rings. The van der Waals surface area contributed by atoms with Gasteiger partial charge in [0.05, 0.1) is 10.5 Å². The molecule has 126 valence electrons. The van der Waals surface area contributed by atoms with Crippen molar-refractivity contribution in [2.75, 3.05) is 26.2 Å². The number of hydrogen-bond acceptors (Lipinski definition) is 3. The fraction of sp³-hybridized carbons (Fsp3) is 0.235. The molecule has 1 amide bonds. The minimum Gasteiger partial charge on any atom is -0.336 e. The number of benzene rings is 2. The number of sulfonamides is 1. The number of hydrogen-bond donors (Lipinski definition) is 0. The summed E-state index contributed by atoms with van der Waals surface area (Å²) < 4.78 is 40.2. The van der Waals surface area contributed by atoms with Crippen LogP contribution in [-0.2, 0) is 10.0 Å². The second kappa shape index (κ2) is 6.70. The fourth-order valence-electron chi connectivity index (χ4n) is 2.68. The van der Waals surface area contributed by atoms with E-state index in [2.05, 4.69) is 0 Å². The van der Waals surface area contributed by atoms with Crippen LogP contribution in [0, 0.1) is 5.82 Å². The predicted molar refractivity (Wildman–Crippen MR) is 87.5 cm³/mol. The van der Waals surface area contributed by atoms with E-state index in [9.17, 15) is 17.6 Å². The van der Waals surface area contributed by atoms with Gasteiger partial charge in [0.25, 0.3) is 5.91 Å². The highest BCUT2D eigenvalue weighted by atomic mass is 32.2. The summed E-state index contributed by atoms with van der Waals surface area (Å²) in [6.45, 7) is 0.854. The summed E-state index contributed by atoms with van der Waals surface area (Å²) in [6.07, 6.45) is 0. The molecule has 1 saturated heterocycles. The molecule has 0 aliphatic carbocycles. The molecule has 7 heteroatoms. The van der Waals surface area contributed by atoms with Crippen LogP contribution in [0.15, 0.2) is 59.5 Å². The highest BCUT2D eigenvalue weighted by Crippen LogP contribution is 2.18. The molecule has 0 atom stereocenters. The maximum atomic E-state index is 13.7. The van der Waals surface area contributed by atoms with Crippen molar-refractivity contribution >= 4 is 15.9 Å². The Morgan fingerprint density at radius 1 is 0.875 bits per heavy atom. The molecular weight excluding hydrogens is 331 g/mol. The summed E-state index contributed by atoms with van der Waals surface area (Å²) in [6, 6.07) is 14.0. The summed E-state index contributed by atoms with van der Waals surface area (Å²) >= 11 is 0. The molecule has 3 rings (SSSR count). The van der Waals surface area contributed by atoms with Gasteiger partial charge in [0.15, 0.2) is 0 Å². The van der Waals surface area contributed by atoms with E-state index in [1.165, 1.54) is 27.4 Å². The lowest BCUT2D eigenvalue weighted by Gasteiger charge is -2.34. The van der Waals surface area contributed by atoms with E-state index in [4.69, 9.17) is 0 Å². The monoisotopic (exact) mass is 348 g/mol. The van der Waals surface area contributed by atoms with Crippen LogP contribution >= 0.6 is 0 Å². The fourth-order valence-corrected chi connectivity index (χ4v) is 4.12.